The lowest BCUT2D eigenvalue weighted by molar-refractivity contribution is 0.401. The van der Waals surface area contributed by atoms with Gasteiger partial charge in [-0.1, -0.05) is 26.0 Å². The first-order valence-corrected chi connectivity index (χ1v) is 7.21. The molecular formula is C13H15NOS2. The van der Waals surface area contributed by atoms with E-state index in [9.17, 15) is 0 Å². The van der Waals surface area contributed by atoms with Crippen molar-refractivity contribution in [2.45, 2.75) is 24.0 Å². The van der Waals surface area contributed by atoms with Crippen LogP contribution in [0.3, 0.4) is 0 Å². The van der Waals surface area contributed by atoms with Crippen molar-refractivity contribution in [1.82, 2.24) is 4.98 Å². The van der Waals surface area contributed by atoms with Crippen LogP contribution in [0, 0.1) is 0 Å². The maximum absolute atomic E-state index is 5.09. The lowest BCUT2D eigenvalue weighted by Crippen LogP contribution is -1.86. The molecule has 0 N–H and O–H groups in total. The van der Waals surface area contributed by atoms with Gasteiger partial charge in [0.25, 0.3) is 0 Å². The van der Waals surface area contributed by atoms with Crippen LogP contribution in [0.4, 0.5) is 0 Å². The molecule has 2 rings (SSSR count). The van der Waals surface area contributed by atoms with E-state index >= 15 is 0 Å². The molecule has 0 fully saturated rings. The highest BCUT2D eigenvalue weighted by Gasteiger charge is 2.05. The van der Waals surface area contributed by atoms with E-state index in [2.05, 4.69) is 43.1 Å². The predicted octanol–water partition coefficient (Wildman–Crippen LogP) is 4.32. The molecule has 0 unspecified atom stereocenters. The zero-order chi connectivity index (χ0) is 12.3. The summed E-state index contributed by atoms with van der Waals surface area (Å²) >= 11 is 3.47. The molecule has 0 radical (unpaired) electrons. The molecule has 2 nitrogen and oxygen atoms in total. The van der Waals surface area contributed by atoms with E-state index in [4.69, 9.17) is 4.74 Å². The largest absolute Gasteiger partial charge is 0.480 e. The normalized spacial score (nSPS) is 10.8. The molecule has 2 aromatic rings. The first-order valence-electron chi connectivity index (χ1n) is 5.45. The number of benzene rings is 1. The van der Waals surface area contributed by atoms with Crippen molar-refractivity contribution in [2.75, 3.05) is 7.11 Å². The van der Waals surface area contributed by atoms with Crippen molar-refractivity contribution >= 4 is 23.1 Å². The molecule has 0 aliphatic rings. The van der Waals surface area contributed by atoms with Crippen LogP contribution >= 0.6 is 23.1 Å². The van der Waals surface area contributed by atoms with Gasteiger partial charge in [-0.3, -0.25) is 0 Å². The molecule has 0 aliphatic carbocycles. The van der Waals surface area contributed by atoms with Gasteiger partial charge in [-0.15, -0.1) is 23.1 Å². The van der Waals surface area contributed by atoms with Crippen LogP contribution in [0.25, 0.3) is 10.6 Å². The van der Waals surface area contributed by atoms with E-state index in [1.807, 2.05) is 17.1 Å². The minimum atomic E-state index is 0.612. The lowest BCUT2D eigenvalue weighted by Gasteiger charge is -2.04. The average Bonchev–Trinajstić information content (AvgIpc) is 2.78. The number of hydrogen-bond donors (Lipinski definition) is 0. The average molecular weight is 265 g/mol. The van der Waals surface area contributed by atoms with Gasteiger partial charge in [0.05, 0.1) is 12.5 Å². The fourth-order valence-electron chi connectivity index (χ4n) is 1.43. The van der Waals surface area contributed by atoms with Crippen molar-refractivity contribution < 1.29 is 4.74 Å². The summed E-state index contributed by atoms with van der Waals surface area (Å²) in [4.78, 5) is 5.68. The van der Waals surface area contributed by atoms with Gasteiger partial charge in [0, 0.05) is 15.7 Å². The zero-order valence-corrected chi connectivity index (χ0v) is 11.8. The Morgan fingerprint density at radius 3 is 2.47 bits per heavy atom. The summed E-state index contributed by atoms with van der Waals surface area (Å²) in [6.07, 6.45) is 0. The molecule has 17 heavy (non-hydrogen) atoms. The highest BCUT2D eigenvalue weighted by atomic mass is 32.2. The number of methoxy groups -OCH3 is 1. The summed E-state index contributed by atoms with van der Waals surface area (Å²) in [5, 5.41) is 3.54. The van der Waals surface area contributed by atoms with Crippen LogP contribution in [-0.4, -0.2) is 17.3 Å². The minimum absolute atomic E-state index is 0.612. The molecule has 0 bridgehead atoms. The second kappa shape index (κ2) is 5.56. The molecule has 90 valence electrons. The van der Waals surface area contributed by atoms with E-state index in [1.165, 1.54) is 4.90 Å². The van der Waals surface area contributed by atoms with E-state index in [0.29, 0.717) is 11.1 Å². The van der Waals surface area contributed by atoms with Gasteiger partial charge in [0.15, 0.2) is 0 Å². The van der Waals surface area contributed by atoms with E-state index < -0.39 is 0 Å². The number of ether oxygens (including phenoxy) is 1. The van der Waals surface area contributed by atoms with Crippen molar-refractivity contribution in [2.24, 2.45) is 0 Å². The van der Waals surface area contributed by atoms with Gasteiger partial charge >= 0.3 is 0 Å². The van der Waals surface area contributed by atoms with Crippen LogP contribution in [0.5, 0.6) is 5.88 Å². The van der Waals surface area contributed by atoms with Crippen LogP contribution in [0.1, 0.15) is 13.8 Å². The summed E-state index contributed by atoms with van der Waals surface area (Å²) in [6, 6.07) is 8.52. The summed E-state index contributed by atoms with van der Waals surface area (Å²) in [5.41, 5.74) is 1.14. The molecule has 0 saturated heterocycles. The Balaban J connectivity index is 2.17. The molecule has 1 aromatic carbocycles. The first kappa shape index (κ1) is 12.5. The Kier molecular flexibility index (Phi) is 4.07. The quantitative estimate of drug-likeness (QED) is 0.769. The van der Waals surface area contributed by atoms with Crippen molar-refractivity contribution in [1.29, 1.82) is 0 Å². The molecular weight excluding hydrogens is 250 g/mol. The number of aromatic nitrogens is 1. The van der Waals surface area contributed by atoms with Crippen LogP contribution in [0.15, 0.2) is 34.5 Å². The minimum Gasteiger partial charge on any atom is -0.480 e. The molecule has 0 aliphatic heterocycles. The van der Waals surface area contributed by atoms with Gasteiger partial charge in [-0.05, 0) is 12.1 Å². The van der Waals surface area contributed by atoms with Gasteiger partial charge in [0.2, 0.25) is 5.88 Å². The lowest BCUT2D eigenvalue weighted by atomic mass is 10.2. The SMILES string of the molecule is COc1csc(-c2ccc(SC(C)C)cc2)n1. The zero-order valence-electron chi connectivity index (χ0n) is 10.1. The number of thioether (sulfide) groups is 1. The first-order chi connectivity index (χ1) is 8.19. The number of rotatable bonds is 4. The van der Waals surface area contributed by atoms with E-state index in [-0.39, 0.29) is 0 Å². The van der Waals surface area contributed by atoms with Gasteiger partial charge in [0.1, 0.15) is 5.01 Å². The molecule has 0 saturated carbocycles. The van der Waals surface area contributed by atoms with Crippen LogP contribution in [-0.2, 0) is 0 Å². The van der Waals surface area contributed by atoms with E-state index in [1.54, 1.807) is 18.4 Å². The molecule has 1 heterocycles. The summed E-state index contributed by atoms with van der Waals surface area (Å²) in [5.74, 6) is 0.686. The van der Waals surface area contributed by atoms with Crippen LogP contribution < -0.4 is 4.74 Å². The Morgan fingerprint density at radius 1 is 1.24 bits per heavy atom. The third kappa shape index (κ3) is 3.23. The molecule has 0 atom stereocenters. The molecule has 0 spiro atoms. The Bertz CT molecular complexity index is 476. The number of thiazole rings is 1. The highest BCUT2D eigenvalue weighted by Crippen LogP contribution is 2.29. The number of hydrogen-bond acceptors (Lipinski definition) is 4. The second-order valence-electron chi connectivity index (χ2n) is 3.89. The van der Waals surface area contributed by atoms with E-state index in [0.717, 1.165) is 10.6 Å². The predicted molar refractivity (Wildman–Crippen MR) is 75.1 cm³/mol. The van der Waals surface area contributed by atoms with Gasteiger partial charge in [-0.25, -0.2) is 4.98 Å². The third-order valence-electron chi connectivity index (χ3n) is 2.17. The Morgan fingerprint density at radius 2 is 1.94 bits per heavy atom. The Labute approximate surface area is 110 Å². The number of nitrogens with zero attached hydrogens (tertiary/aromatic N) is 1. The third-order valence-corrected chi connectivity index (χ3v) is 4.05. The van der Waals surface area contributed by atoms with Gasteiger partial charge in [-0.2, -0.15) is 0 Å². The summed E-state index contributed by atoms with van der Waals surface area (Å²) in [6.45, 7) is 4.40. The summed E-state index contributed by atoms with van der Waals surface area (Å²) in [7, 11) is 1.64. The van der Waals surface area contributed by atoms with Gasteiger partial charge < -0.3 is 4.74 Å². The van der Waals surface area contributed by atoms with Crippen molar-refractivity contribution in [3.63, 3.8) is 0 Å². The topological polar surface area (TPSA) is 22.1 Å². The highest BCUT2D eigenvalue weighted by molar-refractivity contribution is 7.99. The summed E-state index contributed by atoms with van der Waals surface area (Å²) < 4.78 is 5.09. The molecule has 4 heteroatoms. The second-order valence-corrected chi connectivity index (χ2v) is 6.39. The standard InChI is InChI=1S/C13H15NOS2/c1-9(2)17-11-6-4-10(5-7-11)13-14-12(15-3)8-16-13/h4-9H,1-3H3. The smallest absolute Gasteiger partial charge is 0.224 e. The molecule has 1 aromatic heterocycles. The monoisotopic (exact) mass is 265 g/mol. The maximum atomic E-state index is 5.09. The fraction of sp³-hybridized carbons (Fsp3) is 0.308. The maximum Gasteiger partial charge on any atom is 0.224 e. The fourth-order valence-corrected chi connectivity index (χ4v) is 3.05. The van der Waals surface area contributed by atoms with Crippen molar-refractivity contribution in [3.05, 3.63) is 29.6 Å². The molecule has 0 amide bonds. The van der Waals surface area contributed by atoms with Crippen molar-refractivity contribution in [3.8, 4) is 16.5 Å². The Hall–Kier alpha value is -1.00. The van der Waals surface area contributed by atoms with Crippen LogP contribution in [0.2, 0.25) is 0 Å².